The van der Waals surface area contributed by atoms with E-state index in [1.54, 1.807) is 30.3 Å². The Hall–Kier alpha value is -3.55. The van der Waals surface area contributed by atoms with Crippen LogP contribution in [0, 0.1) is 5.82 Å². The molecule has 0 unspecified atom stereocenters. The molecule has 0 spiro atoms. The molecular weight excluding hydrogens is 389 g/mol. The summed E-state index contributed by atoms with van der Waals surface area (Å²) in [6, 6.07) is 12.0. The standard InChI is InChI=1S/C22H20FN3O4/c23-14-5-3-6-16(11-14)26-13-15(12-20(26)28)24-19(27)9-4-10-25-21(29)17-7-1-2-8-18(17)22(25)30/h1-3,5-8,11,15H,4,9-10,12-13H2,(H,24,27)/t15-/m0/s1. The van der Waals surface area contributed by atoms with Crippen molar-refractivity contribution in [1.82, 2.24) is 10.2 Å². The number of amides is 4. The predicted molar refractivity (Wildman–Crippen MR) is 106 cm³/mol. The third-order valence-corrected chi connectivity index (χ3v) is 5.27. The first-order valence-electron chi connectivity index (χ1n) is 9.74. The molecular formula is C22H20FN3O4. The summed E-state index contributed by atoms with van der Waals surface area (Å²) in [7, 11) is 0. The fraction of sp³-hybridized carbons (Fsp3) is 0.273. The Bertz CT molecular complexity index is 1000. The van der Waals surface area contributed by atoms with Crippen LogP contribution in [0.1, 0.15) is 40.0 Å². The van der Waals surface area contributed by atoms with Gasteiger partial charge in [0.25, 0.3) is 11.8 Å². The van der Waals surface area contributed by atoms with Crippen molar-refractivity contribution in [3.05, 3.63) is 65.5 Å². The number of fused-ring (bicyclic) bond motifs is 1. The van der Waals surface area contributed by atoms with Crippen molar-refractivity contribution in [3.8, 4) is 0 Å². The van der Waals surface area contributed by atoms with Crippen LogP contribution in [0.15, 0.2) is 48.5 Å². The van der Waals surface area contributed by atoms with Gasteiger partial charge in [-0.1, -0.05) is 18.2 Å². The van der Waals surface area contributed by atoms with Crippen molar-refractivity contribution in [2.24, 2.45) is 0 Å². The number of carbonyl (C=O) groups excluding carboxylic acids is 4. The molecule has 1 fully saturated rings. The molecule has 1 atom stereocenters. The molecule has 1 saturated heterocycles. The number of nitrogens with one attached hydrogen (secondary N) is 1. The van der Waals surface area contributed by atoms with E-state index >= 15 is 0 Å². The summed E-state index contributed by atoms with van der Waals surface area (Å²) >= 11 is 0. The SMILES string of the molecule is O=C(CCCN1C(=O)c2ccccc2C1=O)N[C@H]1CC(=O)N(c2cccc(F)c2)C1. The van der Waals surface area contributed by atoms with Gasteiger partial charge in [0, 0.05) is 31.6 Å². The number of benzene rings is 2. The first-order chi connectivity index (χ1) is 14.4. The summed E-state index contributed by atoms with van der Waals surface area (Å²) in [5.41, 5.74) is 1.23. The van der Waals surface area contributed by atoms with E-state index in [1.807, 2.05) is 0 Å². The number of hydrogen-bond acceptors (Lipinski definition) is 4. The minimum atomic E-state index is -0.430. The van der Waals surface area contributed by atoms with Gasteiger partial charge in [0.05, 0.1) is 17.2 Å². The van der Waals surface area contributed by atoms with Crippen molar-refractivity contribution in [3.63, 3.8) is 0 Å². The third kappa shape index (κ3) is 3.80. The van der Waals surface area contributed by atoms with Gasteiger partial charge in [-0.3, -0.25) is 24.1 Å². The first kappa shape index (κ1) is 19.8. The number of hydrogen-bond donors (Lipinski definition) is 1. The van der Waals surface area contributed by atoms with E-state index in [0.717, 1.165) is 4.90 Å². The van der Waals surface area contributed by atoms with Gasteiger partial charge in [-0.05, 0) is 36.8 Å². The molecule has 2 heterocycles. The zero-order chi connectivity index (χ0) is 21.3. The smallest absolute Gasteiger partial charge is 0.261 e. The molecule has 2 aromatic carbocycles. The van der Waals surface area contributed by atoms with E-state index < -0.39 is 5.82 Å². The van der Waals surface area contributed by atoms with Gasteiger partial charge in [0.15, 0.2) is 0 Å². The average Bonchev–Trinajstić information content (AvgIpc) is 3.20. The minimum Gasteiger partial charge on any atom is -0.351 e. The second-order valence-electron chi connectivity index (χ2n) is 7.36. The van der Waals surface area contributed by atoms with Crippen LogP contribution in [0.5, 0.6) is 0 Å². The van der Waals surface area contributed by atoms with Gasteiger partial charge in [-0.25, -0.2) is 4.39 Å². The van der Waals surface area contributed by atoms with E-state index in [4.69, 9.17) is 0 Å². The molecule has 0 saturated carbocycles. The monoisotopic (exact) mass is 409 g/mol. The Labute approximate surface area is 172 Å². The van der Waals surface area contributed by atoms with Crippen LogP contribution >= 0.6 is 0 Å². The molecule has 8 heteroatoms. The summed E-state index contributed by atoms with van der Waals surface area (Å²) in [6.45, 7) is 0.422. The van der Waals surface area contributed by atoms with Crippen molar-refractivity contribution < 1.29 is 23.6 Å². The zero-order valence-corrected chi connectivity index (χ0v) is 16.1. The van der Waals surface area contributed by atoms with Crippen molar-refractivity contribution in [2.75, 3.05) is 18.0 Å². The van der Waals surface area contributed by atoms with E-state index in [2.05, 4.69) is 5.32 Å². The summed E-state index contributed by atoms with van der Waals surface area (Å²) in [5.74, 6) is -1.56. The molecule has 4 amide bonds. The largest absolute Gasteiger partial charge is 0.351 e. The zero-order valence-electron chi connectivity index (χ0n) is 16.1. The van der Waals surface area contributed by atoms with Gasteiger partial charge >= 0.3 is 0 Å². The summed E-state index contributed by atoms with van der Waals surface area (Å²) < 4.78 is 13.4. The molecule has 2 aliphatic rings. The fourth-order valence-electron chi connectivity index (χ4n) is 3.84. The van der Waals surface area contributed by atoms with Gasteiger partial charge in [-0.2, -0.15) is 0 Å². The van der Waals surface area contributed by atoms with Crippen molar-refractivity contribution >= 4 is 29.3 Å². The van der Waals surface area contributed by atoms with Crippen LogP contribution in [-0.2, 0) is 9.59 Å². The van der Waals surface area contributed by atoms with Gasteiger partial charge in [0.1, 0.15) is 5.82 Å². The Morgan fingerprint density at radius 3 is 2.40 bits per heavy atom. The Morgan fingerprint density at radius 1 is 1.03 bits per heavy atom. The summed E-state index contributed by atoms with van der Waals surface area (Å²) in [6.07, 6.45) is 0.588. The number of imide groups is 1. The molecule has 4 rings (SSSR count). The number of halogens is 1. The predicted octanol–water partition coefficient (Wildman–Crippen LogP) is 2.12. The number of rotatable bonds is 6. The number of carbonyl (C=O) groups is 4. The Balaban J connectivity index is 1.27. The Kier molecular flexibility index (Phi) is 5.31. The summed E-state index contributed by atoms with van der Waals surface area (Å²) in [4.78, 5) is 51.7. The lowest BCUT2D eigenvalue weighted by atomic mass is 10.1. The Morgan fingerprint density at radius 2 is 1.73 bits per heavy atom. The van der Waals surface area contributed by atoms with Crippen LogP contribution in [0.25, 0.3) is 0 Å². The lowest BCUT2D eigenvalue weighted by Gasteiger charge is -2.17. The highest BCUT2D eigenvalue weighted by Crippen LogP contribution is 2.24. The second-order valence-corrected chi connectivity index (χ2v) is 7.36. The second kappa shape index (κ2) is 8.06. The highest BCUT2D eigenvalue weighted by atomic mass is 19.1. The first-order valence-corrected chi connectivity index (χ1v) is 9.74. The molecule has 0 radical (unpaired) electrons. The third-order valence-electron chi connectivity index (χ3n) is 5.27. The maximum absolute atomic E-state index is 13.4. The lowest BCUT2D eigenvalue weighted by molar-refractivity contribution is -0.121. The maximum Gasteiger partial charge on any atom is 0.261 e. The van der Waals surface area contributed by atoms with Crippen LogP contribution in [0.2, 0.25) is 0 Å². The quantitative estimate of drug-likeness (QED) is 0.741. The van der Waals surface area contributed by atoms with Crippen molar-refractivity contribution in [1.29, 1.82) is 0 Å². The van der Waals surface area contributed by atoms with E-state index in [0.29, 0.717) is 23.2 Å². The molecule has 0 aromatic heterocycles. The van der Waals surface area contributed by atoms with E-state index in [9.17, 15) is 23.6 Å². The van der Waals surface area contributed by atoms with Crippen LogP contribution < -0.4 is 10.2 Å². The molecule has 0 bridgehead atoms. The van der Waals surface area contributed by atoms with Crippen LogP contribution in [0.3, 0.4) is 0 Å². The van der Waals surface area contributed by atoms with Crippen molar-refractivity contribution in [2.45, 2.75) is 25.3 Å². The van der Waals surface area contributed by atoms with Gasteiger partial charge in [-0.15, -0.1) is 0 Å². The fourth-order valence-corrected chi connectivity index (χ4v) is 3.84. The van der Waals surface area contributed by atoms with E-state index in [-0.39, 0.29) is 55.6 Å². The molecule has 0 aliphatic carbocycles. The van der Waals surface area contributed by atoms with Gasteiger partial charge < -0.3 is 10.2 Å². The van der Waals surface area contributed by atoms with Crippen LogP contribution in [0.4, 0.5) is 10.1 Å². The molecule has 1 N–H and O–H groups in total. The number of nitrogens with zero attached hydrogens (tertiary/aromatic N) is 2. The van der Waals surface area contributed by atoms with E-state index in [1.165, 1.54) is 23.1 Å². The van der Waals surface area contributed by atoms with Crippen LogP contribution in [-0.4, -0.2) is 47.7 Å². The topological polar surface area (TPSA) is 86.8 Å². The molecule has 30 heavy (non-hydrogen) atoms. The molecule has 154 valence electrons. The minimum absolute atomic E-state index is 0.123. The molecule has 2 aromatic rings. The molecule has 7 nitrogen and oxygen atoms in total. The summed E-state index contributed by atoms with van der Waals surface area (Å²) in [5, 5.41) is 2.81. The average molecular weight is 409 g/mol. The highest BCUT2D eigenvalue weighted by Gasteiger charge is 2.35. The lowest BCUT2D eigenvalue weighted by Crippen LogP contribution is -2.38. The highest BCUT2D eigenvalue weighted by molar-refractivity contribution is 6.21. The normalized spacial score (nSPS) is 18.2. The maximum atomic E-state index is 13.4. The number of anilines is 1. The van der Waals surface area contributed by atoms with Gasteiger partial charge in [0.2, 0.25) is 11.8 Å². The molecule has 2 aliphatic heterocycles.